The number of carbonyl (C=O) groups excluding carboxylic acids is 1. The van der Waals surface area contributed by atoms with Crippen LogP contribution in [0.1, 0.15) is 35.2 Å². The van der Waals surface area contributed by atoms with Crippen LogP contribution in [-0.4, -0.2) is 43.5 Å². The highest BCUT2D eigenvalue weighted by atomic mass is 35.5. The van der Waals surface area contributed by atoms with Gasteiger partial charge in [-0.25, -0.2) is 0 Å². The van der Waals surface area contributed by atoms with Crippen molar-refractivity contribution in [3.63, 3.8) is 0 Å². The summed E-state index contributed by atoms with van der Waals surface area (Å²) in [4.78, 5) is 15.1. The second-order valence-electron chi connectivity index (χ2n) is 6.28. The third-order valence-corrected chi connectivity index (χ3v) is 4.80. The van der Waals surface area contributed by atoms with E-state index in [4.69, 9.17) is 9.47 Å². The standard InChI is InChI=1S/C17H21NO3.ClH/c19-17-13(11-18-4-2-1-3-5-18)8-12-9-15-16(10-14(12)17)21-7-6-20-15;/h9-10,13H,1-8,11H2;1H/p-1. The number of Topliss-reactive ketones (excluding diaryl/α,β-unsaturated/α-hetero) is 1. The van der Waals surface area contributed by atoms with Gasteiger partial charge in [0.1, 0.15) is 13.2 Å². The topological polar surface area (TPSA) is 38.8 Å². The van der Waals surface area contributed by atoms with Gasteiger partial charge in [-0.15, -0.1) is 0 Å². The van der Waals surface area contributed by atoms with Crippen molar-refractivity contribution in [2.75, 3.05) is 32.8 Å². The molecular weight excluding hydrogens is 302 g/mol. The maximum Gasteiger partial charge on any atom is 0.167 e. The van der Waals surface area contributed by atoms with Gasteiger partial charge in [0.05, 0.1) is 0 Å². The quantitative estimate of drug-likeness (QED) is 0.722. The van der Waals surface area contributed by atoms with Crippen molar-refractivity contribution in [3.8, 4) is 11.5 Å². The first-order chi connectivity index (χ1) is 10.3. The molecule has 1 aliphatic carbocycles. The zero-order valence-electron chi connectivity index (χ0n) is 12.6. The summed E-state index contributed by atoms with van der Waals surface area (Å²) in [5.41, 5.74) is 1.98. The molecule has 4 nitrogen and oxygen atoms in total. The summed E-state index contributed by atoms with van der Waals surface area (Å²) >= 11 is 0. The lowest BCUT2D eigenvalue weighted by Gasteiger charge is -2.28. The van der Waals surface area contributed by atoms with Gasteiger partial charge in [0.25, 0.3) is 0 Å². The smallest absolute Gasteiger partial charge is 0.167 e. The number of nitrogens with zero attached hydrogens (tertiary/aromatic N) is 1. The van der Waals surface area contributed by atoms with Crippen LogP contribution in [0.5, 0.6) is 11.5 Å². The number of ether oxygens (including phenoxy) is 2. The Balaban J connectivity index is 0.00000144. The molecule has 1 unspecified atom stereocenters. The van der Waals surface area contributed by atoms with E-state index in [1.807, 2.05) is 12.1 Å². The first-order valence-electron chi connectivity index (χ1n) is 8.00. The van der Waals surface area contributed by atoms with E-state index in [0.29, 0.717) is 13.2 Å². The van der Waals surface area contributed by atoms with Gasteiger partial charge in [0, 0.05) is 18.0 Å². The number of likely N-dealkylation sites (tertiary alicyclic amines) is 1. The van der Waals surface area contributed by atoms with E-state index < -0.39 is 0 Å². The van der Waals surface area contributed by atoms with Crippen molar-refractivity contribution in [1.29, 1.82) is 0 Å². The van der Waals surface area contributed by atoms with Crippen molar-refractivity contribution in [1.82, 2.24) is 4.90 Å². The number of benzene rings is 1. The van der Waals surface area contributed by atoms with Crippen LogP contribution in [0.25, 0.3) is 0 Å². The molecule has 0 N–H and O–H groups in total. The van der Waals surface area contributed by atoms with Crippen LogP contribution in [0.4, 0.5) is 0 Å². The number of fused-ring (bicyclic) bond motifs is 2. The first-order valence-corrected chi connectivity index (χ1v) is 8.00. The Morgan fingerprint density at radius 2 is 1.73 bits per heavy atom. The minimum absolute atomic E-state index is 0. The molecule has 0 radical (unpaired) electrons. The van der Waals surface area contributed by atoms with Gasteiger partial charge in [0.15, 0.2) is 17.3 Å². The number of hydrogen-bond acceptors (Lipinski definition) is 4. The molecule has 1 saturated heterocycles. The molecule has 0 amide bonds. The summed E-state index contributed by atoms with van der Waals surface area (Å²) in [7, 11) is 0. The van der Waals surface area contributed by atoms with Crippen molar-refractivity contribution in [3.05, 3.63) is 23.3 Å². The minimum Gasteiger partial charge on any atom is -1.00 e. The van der Waals surface area contributed by atoms with E-state index >= 15 is 0 Å². The van der Waals surface area contributed by atoms with E-state index in [1.165, 1.54) is 19.3 Å². The van der Waals surface area contributed by atoms with Gasteiger partial charge in [-0.2, -0.15) is 0 Å². The highest BCUT2D eigenvalue weighted by Crippen LogP contribution is 2.38. The normalized spacial score (nSPS) is 23.8. The first kappa shape index (κ1) is 15.6. The summed E-state index contributed by atoms with van der Waals surface area (Å²) < 4.78 is 11.2. The minimum atomic E-state index is 0. The fourth-order valence-corrected chi connectivity index (χ4v) is 3.71. The molecule has 0 saturated carbocycles. The lowest BCUT2D eigenvalue weighted by molar-refractivity contribution is -0.0000128. The number of rotatable bonds is 2. The monoisotopic (exact) mass is 322 g/mol. The highest BCUT2D eigenvalue weighted by Gasteiger charge is 2.34. The SMILES string of the molecule is O=C1c2cc3c(cc2CC1CN1CCCCC1)OCCO3.[Cl-]. The predicted molar refractivity (Wildman–Crippen MR) is 79.2 cm³/mol. The molecule has 0 aromatic heterocycles. The molecule has 1 aromatic rings. The molecule has 0 spiro atoms. The molecule has 120 valence electrons. The van der Waals surface area contributed by atoms with Crippen LogP contribution in [-0.2, 0) is 6.42 Å². The average molecular weight is 323 g/mol. The van der Waals surface area contributed by atoms with Crippen LogP contribution in [0.2, 0.25) is 0 Å². The van der Waals surface area contributed by atoms with Crippen LogP contribution >= 0.6 is 0 Å². The van der Waals surface area contributed by atoms with Crippen molar-refractivity contribution < 1.29 is 26.7 Å². The zero-order chi connectivity index (χ0) is 14.2. The Hall–Kier alpha value is -1.26. The summed E-state index contributed by atoms with van der Waals surface area (Å²) in [5.74, 6) is 1.92. The molecular formula is C17H21ClNO3-. The summed E-state index contributed by atoms with van der Waals surface area (Å²) in [6.45, 7) is 4.35. The molecule has 4 rings (SSSR count). The number of ketones is 1. The Labute approximate surface area is 137 Å². The van der Waals surface area contributed by atoms with Crippen molar-refractivity contribution in [2.45, 2.75) is 25.7 Å². The number of piperidine rings is 1. The molecule has 5 heteroatoms. The second-order valence-corrected chi connectivity index (χ2v) is 6.28. The van der Waals surface area contributed by atoms with E-state index in [2.05, 4.69) is 4.90 Å². The lowest BCUT2D eigenvalue weighted by Crippen LogP contribution is -3.00. The van der Waals surface area contributed by atoms with Gasteiger partial charge in [0.2, 0.25) is 0 Å². The molecule has 3 aliphatic rings. The average Bonchev–Trinajstić information content (AvgIpc) is 2.82. The molecule has 22 heavy (non-hydrogen) atoms. The van der Waals surface area contributed by atoms with Gasteiger partial charge in [-0.1, -0.05) is 6.42 Å². The molecule has 2 heterocycles. The van der Waals surface area contributed by atoms with Gasteiger partial charge in [-0.05, 0) is 50.0 Å². The third-order valence-electron chi connectivity index (χ3n) is 4.80. The van der Waals surface area contributed by atoms with Gasteiger partial charge >= 0.3 is 0 Å². The summed E-state index contributed by atoms with van der Waals surface area (Å²) in [6.07, 6.45) is 4.71. The number of hydrogen-bond donors (Lipinski definition) is 0. The maximum absolute atomic E-state index is 12.6. The lowest BCUT2D eigenvalue weighted by atomic mass is 10.0. The predicted octanol–water partition coefficient (Wildman–Crippen LogP) is -0.697. The van der Waals surface area contributed by atoms with E-state index in [-0.39, 0.29) is 24.1 Å². The third kappa shape index (κ3) is 2.82. The zero-order valence-corrected chi connectivity index (χ0v) is 13.4. The van der Waals surface area contributed by atoms with Crippen LogP contribution < -0.4 is 21.9 Å². The Morgan fingerprint density at radius 1 is 1.05 bits per heavy atom. The maximum atomic E-state index is 12.6. The van der Waals surface area contributed by atoms with Gasteiger partial charge in [-0.3, -0.25) is 4.79 Å². The van der Waals surface area contributed by atoms with E-state index in [9.17, 15) is 4.79 Å². The van der Waals surface area contributed by atoms with Crippen molar-refractivity contribution >= 4 is 5.78 Å². The Morgan fingerprint density at radius 3 is 2.45 bits per heavy atom. The highest BCUT2D eigenvalue weighted by molar-refractivity contribution is 6.03. The second kappa shape index (κ2) is 6.47. The Kier molecular flexibility index (Phi) is 4.59. The molecule has 1 aromatic carbocycles. The molecule has 1 atom stereocenters. The Bertz CT molecular complexity index is 569. The van der Waals surface area contributed by atoms with E-state index in [1.54, 1.807) is 0 Å². The fourth-order valence-electron chi connectivity index (χ4n) is 3.71. The van der Waals surface area contributed by atoms with Crippen LogP contribution in [0.3, 0.4) is 0 Å². The van der Waals surface area contributed by atoms with Crippen LogP contribution in [0, 0.1) is 5.92 Å². The largest absolute Gasteiger partial charge is 1.00 e. The fraction of sp³-hybridized carbons (Fsp3) is 0.588. The molecule has 0 bridgehead atoms. The number of halogens is 1. The van der Waals surface area contributed by atoms with E-state index in [0.717, 1.165) is 48.7 Å². The summed E-state index contributed by atoms with van der Waals surface area (Å²) in [5, 5.41) is 0. The molecule has 2 aliphatic heterocycles. The van der Waals surface area contributed by atoms with Gasteiger partial charge < -0.3 is 26.8 Å². The molecule has 1 fully saturated rings. The van der Waals surface area contributed by atoms with Crippen molar-refractivity contribution in [2.24, 2.45) is 5.92 Å². The number of carbonyl (C=O) groups is 1. The van der Waals surface area contributed by atoms with Crippen LogP contribution in [0.15, 0.2) is 12.1 Å². The summed E-state index contributed by atoms with van der Waals surface area (Å²) in [6, 6.07) is 3.90.